The Labute approximate surface area is 223 Å². The van der Waals surface area contributed by atoms with Crippen molar-refractivity contribution in [2.75, 3.05) is 23.7 Å². The Morgan fingerprint density at radius 3 is 2.35 bits per heavy atom. The van der Waals surface area contributed by atoms with E-state index in [2.05, 4.69) is 71.1 Å². The second-order valence-electron chi connectivity index (χ2n) is 10.1. The van der Waals surface area contributed by atoms with Crippen LogP contribution in [0.4, 0.5) is 11.6 Å². The number of anilines is 2. The van der Waals surface area contributed by atoms with Crippen molar-refractivity contribution in [3.05, 3.63) is 59.6 Å². The molecular formula is C31H46N6. The Hall–Kier alpha value is -2.99. The Morgan fingerprint density at radius 1 is 1.03 bits per heavy atom. The lowest BCUT2D eigenvalue weighted by molar-refractivity contribution is 0.478. The molecule has 6 heteroatoms. The molecule has 0 bridgehead atoms. The van der Waals surface area contributed by atoms with E-state index in [0.29, 0.717) is 12.0 Å². The van der Waals surface area contributed by atoms with Gasteiger partial charge in [-0.1, -0.05) is 65.2 Å². The molecule has 2 aliphatic rings. The number of rotatable bonds is 11. The van der Waals surface area contributed by atoms with Crippen LogP contribution in [0.15, 0.2) is 43.5 Å². The summed E-state index contributed by atoms with van der Waals surface area (Å²) in [5.74, 6) is 2.06. The maximum atomic E-state index is 4.77. The van der Waals surface area contributed by atoms with Gasteiger partial charge in [0.1, 0.15) is 11.6 Å². The third-order valence-electron chi connectivity index (χ3n) is 6.67. The Balaban J connectivity index is 0.00000118. The topological polar surface area (TPSA) is 74.8 Å². The Bertz CT molecular complexity index is 1120. The number of allylic oxidation sites excluding steroid dienone is 2. The van der Waals surface area contributed by atoms with Crippen LogP contribution >= 0.6 is 0 Å². The van der Waals surface area contributed by atoms with Crippen LogP contribution in [0, 0.1) is 5.92 Å². The molecule has 0 amide bonds. The number of piperidine rings is 1. The van der Waals surface area contributed by atoms with Gasteiger partial charge in [0.15, 0.2) is 0 Å². The number of hydrogen-bond donors (Lipinski definition) is 3. The first-order valence-corrected chi connectivity index (χ1v) is 14.1. The molecule has 0 radical (unpaired) electrons. The minimum Gasteiger partial charge on any atom is -0.366 e. The fourth-order valence-corrected chi connectivity index (χ4v) is 4.40. The largest absolute Gasteiger partial charge is 0.366 e. The third kappa shape index (κ3) is 9.77. The molecule has 37 heavy (non-hydrogen) atoms. The van der Waals surface area contributed by atoms with E-state index in [1.807, 2.05) is 13.1 Å². The molecule has 1 saturated heterocycles. The summed E-state index contributed by atoms with van der Waals surface area (Å²) in [5.41, 5.74) is 2.62. The quantitative estimate of drug-likeness (QED) is 0.369. The van der Waals surface area contributed by atoms with E-state index in [1.165, 1.54) is 19.3 Å². The van der Waals surface area contributed by atoms with Crippen molar-refractivity contribution in [2.24, 2.45) is 5.92 Å². The molecule has 0 aromatic carbocycles. The van der Waals surface area contributed by atoms with Gasteiger partial charge in [-0.05, 0) is 79.8 Å². The van der Waals surface area contributed by atoms with Crippen LogP contribution < -0.4 is 26.4 Å². The molecule has 0 spiro atoms. The van der Waals surface area contributed by atoms with Crippen LogP contribution in [-0.4, -0.2) is 34.1 Å². The Kier molecular flexibility index (Phi) is 11.8. The summed E-state index contributed by atoms with van der Waals surface area (Å²) in [7, 11) is 0. The highest BCUT2D eigenvalue weighted by Gasteiger charge is 2.14. The minimum absolute atomic E-state index is 0.426. The normalized spacial score (nSPS) is 16.2. The van der Waals surface area contributed by atoms with Crippen molar-refractivity contribution in [3.8, 4) is 0 Å². The summed E-state index contributed by atoms with van der Waals surface area (Å²) in [4.78, 5) is 13.8. The van der Waals surface area contributed by atoms with Gasteiger partial charge in [0.25, 0.3) is 0 Å². The summed E-state index contributed by atoms with van der Waals surface area (Å²) in [6.45, 7) is 17.1. The molecule has 1 aliphatic carbocycles. The van der Waals surface area contributed by atoms with Crippen molar-refractivity contribution < 1.29 is 0 Å². The smallest absolute Gasteiger partial charge is 0.145 e. The van der Waals surface area contributed by atoms with Crippen LogP contribution in [0.5, 0.6) is 0 Å². The SMILES string of the molecule is C1CC1.C=C(/C=c1/cc(NC(=C)C(CCC)CCC)nc/c1=C/C)c1cncc(NC2CCNCC2)n1. The van der Waals surface area contributed by atoms with Crippen molar-refractivity contribution in [3.63, 3.8) is 0 Å². The van der Waals surface area contributed by atoms with Crippen LogP contribution in [0.25, 0.3) is 17.7 Å². The molecule has 0 unspecified atom stereocenters. The van der Waals surface area contributed by atoms with Crippen molar-refractivity contribution >= 4 is 29.4 Å². The van der Waals surface area contributed by atoms with Gasteiger partial charge in [0.05, 0.1) is 18.1 Å². The summed E-state index contributed by atoms with van der Waals surface area (Å²) in [6, 6.07) is 2.49. The molecule has 0 atom stereocenters. The minimum atomic E-state index is 0.426. The predicted octanol–water partition coefficient (Wildman–Crippen LogP) is 5.64. The fourth-order valence-electron chi connectivity index (χ4n) is 4.40. The zero-order valence-corrected chi connectivity index (χ0v) is 23.2. The van der Waals surface area contributed by atoms with Crippen molar-refractivity contribution in [1.29, 1.82) is 0 Å². The lowest BCUT2D eigenvalue weighted by Gasteiger charge is -2.24. The lowest BCUT2D eigenvalue weighted by Crippen LogP contribution is -2.35. The molecule has 2 aromatic rings. The van der Waals surface area contributed by atoms with Crippen LogP contribution in [-0.2, 0) is 0 Å². The molecule has 1 aliphatic heterocycles. The van der Waals surface area contributed by atoms with E-state index in [-0.39, 0.29) is 0 Å². The van der Waals surface area contributed by atoms with Gasteiger partial charge in [0.2, 0.25) is 0 Å². The second-order valence-corrected chi connectivity index (χ2v) is 10.1. The molecule has 4 rings (SSSR count). The van der Waals surface area contributed by atoms with Gasteiger partial charge in [-0.15, -0.1) is 0 Å². The van der Waals surface area contributed by atoms with Crippen molar-refractivity contribution in [1.82, 2.24) is 20.3 Å². The number of nitrogens with zero attached hydrogens (tertiary/aromatic N) is 3. The van der Waals surface area contributed by atoms with Gasteiger partial charge in [-0.2, -0.15) is 0 Å². The fraction of sp³-hybridized carbons (Fsp3) is 0.516. The zero-order valence-electron chi connectivity index (χ0n) is 23.2. The molecule has 1 saturated carbocycles. The zero-order chi connectivity index (χ0) is 26.5. The molecular weight excluding hydrogens is 456 g/mol. The first-order valence-electron chi connectivity index (χ1n) is 14.1. The molecule has 2 fully saturated rings. The third-order valence-corrected chi connectivity index (χ3v) is 6.67. The van der Waals surface area contributed by atoms with Gasteiger partial charge in [0, 0.05) is 17.9 Å². The maximum Gasteiger partial charge on any atom is 0.145 e. The highest BCUT2D eigenvalue weighted by Crippen LogP contribution is 2.22. The monoisotopic (exact) mass is 502 g/mol. The first kappa shape index (κ1) is 28.6. The molecule has 3 heterocycles. The summed E-state index contributed by atoms with van der Waals surface area (Å²) in [6.07, 6.45) is 20.8. The first-order chi connectivity index (χ1) is 18.0. The second kappa shape index (κ2) is 15.3. The molecule has 3 N–H and O–H groups in total. The number of hydrogen-bond acceptors (Lipinski definition) is 6. The number of pyridine rings is 1. The van der Waals surface area contributed by atoms with Crippen LogP contribution in [0.3, 0.4) is 0 Å². The summed E-state index contributed by atoms with van der Waals surface area (Å²) in [5, 5.41) is 12.5. The summed E-state index contributed by atoms with van der Waals surface area (Å²) >= 11 is 0. The highest BCUT2D eigenvalue weighted by atomic mass is 15.1. The highest BCUT2D eigenvalue weighted by molar-refractivity contribution is 5.85. The average Bonchev–Trinajstić information content (AvgIpc) is 3.79. The van der Waals surface area contributed by atoms with Gasteiger partial charge >= 0.3 is 0 Å². The van der Waals surface area contributed by atoms with E-state index in [9.17, 15) is 0 Å². The van der Waals surface area contributed by atoms with Gasteiger partial charge in [-0.25, -0.2) is 9.97 Å². The van der Waals surface area contributed by atoms with Gasteiger partial charge < -0.3 is 16.0 Å². The van der Waals surface area contributed by atoms with E-state index >= 15 is 0 Å². The van der Waals surface area contributed by atoms with Crippen LogP contribution in [0.1, 0.15) is 84.3 Å². The summed E-state index contributed by atoms with van der Waals surface area (Å²) < 4.78 is 0. The van der Waals surface area contributed by atoms with Crippen LogP contribution in [0.2, 0.25) is 0 Å². The van der Waals surface area contributed by atoms with Gasteiger partial charge in [-0.3, -0.25) is 4.98 Å². The average molecular weight is 503 g/mol. The number of aromatic nitrogens is 3. The molecule has 6 nitrogen and oxygen atoms in total. The number of nitrogens with one attached hydrogen (secondary N) is 3. The maximum absolute atomic E-state index is 4.77. The Morgan fingerprint density at radius 2 is 1.73 bits per heavy atom. The predicted molar refractivity (Wildman–Crippen MR) is 159 cm³/mol. The van der Waals surface area contributed by atoms with E-state index in [0.717, 1.165) is 90.7 Å². The lowest BCUT2D eigenvalue weighted by atomic mass is 9.95. The van der Waals surface area contributed by atoms with E-state index < -0.39 is 0 Å². The van der Waals surface area contributed by atoms with E-state index in [4.69, 9.17) is 4.98 Å². The van der Waals surface area contributed by atoms with Crippen molar-refractivity contribution in [2.45, 2.75) is 84.6 Å². The molecule has 200 valence electrons. The molecule has 2 aromatic heterocycles. The van der Waals surface area contributed by atoms with E-state index in [1.54, 1.807) is 12.4 Å². The standard InChI is InChI=1S/C28H40N6.C3H6/c1-6-9-23(10-7-2)21(5)32-27-16-24(22(8-3)17-31-27)15-20(4)26-18-30-19-28(34-26)33-25-11-13-29-14-12-25;1-2-3-1/h8,15-19,23,25,29,32H,4-7,9-14H2,1-3H3,(H,33,34);1-3H2/b22-8-,24-15-;.